The SMILES string of the molecule is CCNC(Cc1cccc(Cl)c1F)C1CCCCC1. The molecule has 1 atom stereocenters. The van der Waals surface area contributed by atoms with Crippen LogP contribution in [0.5, 0.6) is 0 Å². The first-order valence-electron chi connectivity index (χ1n) is 7.38. The van der Waals surface area contributed by atoms with Crippen molar-refractivity contribution in [3.63, 3.8) is 0 Å². The van der Waals surface area contributed by atoms with Crippen LogP contribution in [0.15, 0.2) is 18.2 Å². The maximum atomic E-state index is 14.0. The van der Waals surface area contributed by atoms with Crippen LogP contribution in [0.1, 0.15) is 44.6 Å². The molecule has 1 aliphatic carbocycles. The summed E-state index contributed by atoms with van der Waals surface area (Å²) in [6.07, 6.45) is 7.24. The Morgan fingerprint density at radius 1 is 1.32 bits per heavy atom. The summed E-state index contributed by atoms with van der Waals surface area (Å²) in [4.78, 5) is 0. The monoisotopic (exact) mass is 283 g/mol. The van der Waals surface area contributed by atoms with E-state index in [1.165, 1.54) is 32.1 Å². The Kier molecular flexibility index (Phi) is 5.65. The van der Waals surface area contributed by atoms with E-state index in [-0.39, 0.29) is 10.8 Å². The van der Waals surface area contributed by atoms with Gasteiger partial charge in [0.15, 0.2) is 0 Å². The topological polar surface area (TPSA) is 12.0 Å². The molecule has 1 unspecified atom stereocenters. The molecule has 1 saturated carbocycles. The number of rotatable bonds is 5. The predicted molar refractivity (Wildman–Crippen MR) is 79.2 cm³/mol. The molecule has 106 valence electrons. The molecule has 1 fully saturated rings. The van der Waals surface area contributed by atoms with Gasteiger partial charge in [-0.05, 0) is 43.4 Å². The molecule has 0 radical (unpaired) electrons. The van der Waals surface area contributed by atoms with Crippen LogP contribution in [-0.2, 0) is 6.42 Å². The smallest absolute Gasteiger partial charge is 0.145 e. The van der Waals surface area contributed by atoms with Crippen LogP contribution in [0.2, 0.25) is 5.02 Å². The minimum Gasteiger partial charge on any atom is -0.314 e. The van der Waals surface area contributed by atoms with Crippen molar-refractivity contribution in [1.29, 1.82) is 0 Å². The maximum absolute atomic E-state index is 14.0. The highest BCUT2D eigenvalue weighted by atomic mass is 35.5. The van der Waals surface area contributed by atoms with Crippen LogP contribution in [-0.4, -0.2) is 12.6 Å². The molecule has 0 saturated heterocycles. The normalized spacial score (nSPS) is 18.5. The van der Waals surface area contributed by atoms with Crippen molar-refractivity contribution in [3.05, 3.63) is 34.6 Å². The third-order valence-electron chi connectivity index (χ3n) is 4.16. The Morgan fingerprint density at radius 2 is 2.05 bits per heavy atom. The van der Waals surface area contributed by atoms with Crippen molar-refractivity contribution in [1.82, 2.24) is 5.32 Å². The molecule has 3 heteroatoms. The van der Waals surface area contributed by atoms with Gasteiger partial charge in [0.1, 0.15) is 5.82 Å². The zero-order valence-corrected chi connectivity index (χ0v) is 12.3. The minimum absolute atomic E-state index is 0.233. The number of halogens is 2. The predicted octanol–water partition coefficient (Wildman–Crippen LogP) is 4.58. The van der Waals surface area contributed by atoms with E-state index in [2.05, 4.69) is 12.2 Å². The van der Waals surface area contributed by atoms with Crippen molar-refractivity contribution in [2.24, 2.45) is 5.92 Å². The Morgan fingerprint density at radius 3 is 2.74 bits per heavy atom. The third-order valence-corrected chi connectivity index (χ3v) is 4.45. The highest BCUT2D eigenvalue weighted by Gasteiger charge is 2.24. The first-order valence-corrected chi connectivity index (χ1v) is 7.76. The number of hydrogen-bond donors (Lipinski definition) is 1. The van der Waals surface area contributed by atoms with Gasteiger partial charge in [-0.1, -0.05) is 49.9 Å². The van der Waals surface area contributed by atoms with Gasteiger partial charge in [-0.2, -0.15) is 0 Å². The van der Waals surface area contributed by atoms with E-state index < -0.39 is 0 Å². The summed E-state index contributed by atoms with van der Waals surface area (Å²) in [5.41, 5.74) is 0.740. The molecule has 1 aromatic carbocycles. The molecule has 1 N–H and O–H groups in total. The summed E-state index contributed by atoms with van der Waals surface area (Å²) in [5, 5.41) is 3.77. The van der Waals surface area contributed by atoms with Crippen molar-refractivity contribution >= 4 is 11.6 Å². The summed E-state index contributed by atoms with van der Waals surface area (Å²) < 4.78 is 14.0. The number of nitrogens with one attached hydrogen (secondary N) is 1. The van der Waals surface area contributed by atoms with Gasteiger partial charge in [0.25, 0.3) is 0 Å². The average molecular weight is 284 g/mol. The van der Waals surface area contributed by atoms with Crippen LogP contribution < -0.4 is 5.32 Å². The van der Waals surface area contributed by atoms with Crippen LogP contribution in [0.3, 0.4) is 0 Å². The van der Waals surface area contributed by atoms with Gasteiger partial charge < -0.3 is 5.32 Å². The molecule has 0 aliphatic heterocycles. The van der Waals surface area contributed by atoms with E-state index in [1.807, 2.05) is 12.1 Å². The van der Waals surface area contributed by atoms with E-state index >= 15 is 0 Å². The van der Waals surface area contributed by atoms with Crippen molar-refractivity contribution in [2.75, 3.05) is 6.54 Å². The lowest BCUT2D eigenvalue weighted by molar-refractivity contribution is 0.268. The van der Waals surface area contributed by atoms with Gasteiger partial charge in [0.05, 0.1) is 5.02 Å². The molecular weight excluding hydrogens is 261 g/mol. The lowest BCUT2D eigenvalue weighted by Gasteiger charge is -2.31. The van der Waals surface area contributed by atoms with Gasteiger partial charge >= 0.3 is 0 Å². The Hall–Kier alpha value is -0.600. The lowest BCUT2D eigenvalue weighted by atomic mass is 9.81. The molecule has 2 rings (SSSR count). The van der Waals surface area contributed by atoms with Crippen molar-refractivity contribution in [3.8, 4) is 0 Å². The van der Waals surface area contributed by atoms with Crippen molar-refractivity contribution < 1.29 is 4.39 Å². The van der Waals surface area contributed by atoms with Gasteiger partial charge in [-0.25, -0.2) is 4.39 Å². The van der Waals surface area contributed by atoms with Gasteiger partial charge in [-0.15, -0.1) is 0 Å². The van der Waals surface area contributed by atoms with Crippen molar-refractivity contribution in [2.45, 2.75) is 51.5 Å². The fraction of sp³-hybridized carbons (Fsp3) is 0.625. The fourth-order valence-electron chi connectivity index (χ4n) is 3.15. The molecule has 0 heterocycles. The Labute approximate surface area is 120 Å². The molecule has 0 spiro atoms. The standard InChI is InChI=1S/C16H23ClFN/c1-2-19-15(12-7-4-3-5-8-12)11-13-9-6-10-14(17)16(13)18/h6,9-10,12,15,19H,2-5,7-8,11H2,1H3. The summed E-state index contributed by atoms with van der Waals surface area (Å²) >= 11 is 5.86. The highest BCUT2D eigenvalue weighted by molar-refractivity contribution is 6.30. The Balaban J connectivity index is 2.08. The second kappa shape index (κ2) is 7.25. The van der Waals surface area contributed by atoms with E-state index in [0.29, 0.717) is 12.0 Å². The first-order chi connectivity index (χ1) is 9.22. The largest absolute Gasteiger partial charge is 0.314 e. The maximum Gasteiger partial charge on any atom is 0.145 e. The second-order valence-corrected chi connectivity index (χ2v) is 5.89. The quantitative estimate of drug-likeness (QED) is 0.834. The zero-order chi connectivity index (χ0) is 13.7. The molecule has 1 nitrogen and oxygen atoms in total. The molecular formula is C16H23ClFN. The average Bonchev–Trinajstić information content (AvgIpc) is 2.44. The minimum atomic E-state index is -0.247. The van der Waals surface area contributed by atoms with Crippen LogP contribution in [0.4, 0.5) is 4.39 Å². The molecule has 19 heavy (non-hydrogen) atoms. The van der Waals surface area contributed by atoms with E-state index in [0.717, 1.165) is 18.5 Å². The molecule has 0 bridgehead atoms. The summed E-state index contributed by atoms with van der Waals surface area (Å²) in [7, 11) is 0. The van der Waals surface area contributed by atoms with Crippen LogP contribution >= 0.6 is 11.6 Å². The molecule has 1 aliphatic rings. The number of benzene rings is 1. The highest BCUT2D eigenvalue weighted by Crippen LogP contribution is 2.29. The third kappa shape index (κ3) is 3.93. The van der Waals surface area contributed by atoms with Crippen LogP contribution in [0, 0.1) is 11.7 Å². The Bertz CT molecular complexity index is 402. The molecule has 0 aromatic heterocycles. The molecule has 1 aromatic rings. The first kappa shape index (κ1) is 14.8. The van der Waals surface area contributed by atoms with E-state index in [9.17, 15) is 4.39 Å². The number of hydrogen-bond acceptors (Lipinski definition) is 1. The summed E-state index contributed by atoms with van der Waals surface area (Å²) in [5.74, 6) is 0.426. The van der Waals surface area contributed by atoms with Crippen LogP contribution in [0.25, 0.3) is 0 Å². The molecule has 0 amide bonds. The summed E-state index contributed by atoms with van der Waals surface area (Å²) in [6, 6.07) is 5.68. The van der Waals surface area contributed by atoms with E-state index in [1.54, 1.807) is 6.07 Å². The van der Waals surface area contributed by atoms with E-state index in [4.69, 9.17) is 11.6 Å². The second-order valence-electron chi connectivity index (χ2n) is 5.48. The van der Waals surface area contributed by atoms with Gasteiger partial charge in [0, 0.05) is 6.04 Å². The fourth-order valence-corrected chi connectivity index (χ4v) is 3.34. The van der Waals surface area contributed by atoms with Gasteiger partial charge in [0.2, 0.25) is 0 Å². The zero-order valence-electron chi connectivity index (χ0n) is 11.6. The van der Waals surface area contributed by atoms with Gasteiger partial charge in [-0.3, -0.25) is 0 Å². The lowest BCUT2D eigenvalue weighted by Crippen LogP contribution is -2.39. The number of likely N-dealkylation sites (N-methyl/N-ethyl adjacent to an activating group) is 1. The summed E-state index contributed by atoms with van der Waals surface area (Å²) in [6.45, 7) is 3.05.